The van der Waals surface area contributed by atoms with Gasteiger partial charge in [0.25, 0.3) is 5.69 Å². The number of unbranched alkanes of at least 4 members (excludes halogenated alkanes) is 1. The van der Waals surface area contributed by atoms with Crippen LogP contribution in [0.5, 0.6) is 0 Å². The maximum absolute atomic E-state index is 14.1. The number of amides is 1. The topological polar surface area (TPSA) is 319 Å². The van der Waals surface area contributed by atoms with E-state index < -0.39 is 115 Å². The molecule has 10 unspecified atom stereocenters. The van der Waals surface area contributed by atoms with Gasteiger partial charge in [0.1, 0.15) is 42.3 Å². The number of fused-ring (bicyclic) bond motifs is 1. The standard InChI is InChI=1S/C51H68N6O17/c1-28-21-33(47(63)52-25-34-26-56(54-53-34)19-10-9-18-55-20-17-32-23-35(57(67)68)15-16-36(32)55)24-37(44(28)74-50-43(62)42(61)40(59)29(2)69-50)71-51-46(73-49(66)31-13-7-4-8-14-31)45(41(60)39(27-58)72-51)70-38(48(64)65)22-30-11-5-3-6-12-30/h4,7-8,13-17,20,23,26,28-30,33,37-46,50-51,58-62H,3,5-6,9-12,18-19,21-22,24-25,27H2,1-2H3,(H,52,63)(H,64,65)/t28?,29?,33?,37-,38+,39?,40-,41+,42?,43?,44?,45?,46?,50+,51?/m1/s1. The fourth-order valence-electron chi connectivity index (χ4n) is 10.7. The molecule has 74 heavy (non-hydrogen) atoms. The molecule has 2 aliphatic carbocycles. The molecule has 2 aromatic carbocycles. The molecule has 404 valence electrons. The Morgan fingerprint density at radius 3 is 2.36 bits per heavy atom. The van der Waals surface area contributed by atoms with E-state index in [-0.39, 0.29) is 48.9 Å². The minimum absolute atomic E-state index is 0.0235. The second kappa shape index (κ2) is 24.9. The van der Waals surface area contributed by atoms with E-state index in [4.69, 9.17) is 28.4 Å². The molecule has 4 fully saturated rings. The fourth-order valence-corrected chi connectivity index (χ4v) is 10.7. The predicted molar refractivity (Wildman–Crippen MR) is 259 cm³/mol. The van der Waals surface area contributed by atoms with Gasteiger partial charge in [0, 0.05) is 48.2 Å². The maximum Gasteiger partial charge on any atom is 0.338 e. The summed E-state index contributed by atoms with van der Waals surface area (Å²) in [5.41, 5.74) is 1.54. The lowest BCUT2D eigenvalue weighted by Gasteiger charge is -2.48. The molecule has 2 saturated heterocycles. The minimum atomic E-state index is -1.71. The first kappa shape index (κ1) is 54.8. The van der Waals surface area contributed by atoms with E-state index in [0.717, 1.165) is 55.8 Å². The third-order valence-electron chi connectivity index (χ3n) is 14.8. The smallest absolute Gasteiger partial charge is 0.338 e. The Morgan fingerprint density at radius 2 is 1.64 bits per heavy atom. The number of aryl methyl sites for hydroxylation is 2. The van der Waals surface area contributed by atoms with Crippen LogP contribution in [0.1, 0.15) is 94.1 Å². The number of rotatable bonds is 21. The third-order valence-corrected chi connectivity index (χ3v) is 14.8. The molecule has 8 rings (SSSR count). The number of aliphatic carboxylic acids is 1. The van der Waals surface area contributed by atoms with Crippen molar-refractivity contribution in [3.05, 3.63) is 88.4 Å². The van der Waals surface area contributed by atoms with Gasteiger partial charge in [-0.25, -0.2) is 9.59 Å². The molecule has 4 heterocycles. The average Bonchev–Trinajstić information content (AvgIpc) is 4.04. The molecule has 23 nitrogen and oxygen atoms in total. The van der Waals surface area contributed by atoms with E-state index in [1.807, 2.05) is 16.8 Å². The lowest BCUT2D eigenvalue weighted by molar-refractivity contribution is -0.384. The Bertz CT molecular complexity index is 2510. The summed E-state index contributed by atoms with van der Waals surface area (Å²) in [5.74, 6) is -3.83. The van der Waals surface area contributed by atoms with Gasteiger partial charge in [0.05, 0.1) is 48.1 Å². The van der Waals surface area contributed by atoms with Crippen LogP contribution >= 0.6 is 0 Å². The van der Waals surface area contributed by atoms with Crippen LogP contribution in [-0.4, -0.2) is 159 Å². The van der Waals surface area contributed by atoms with E-state index in [0.29, 0.717) is 18.8 Å². The van der Waals surface area contributed by atoms with E-state index in [9.17, 15) is 55.1 Å². The number of nitro benzene ring substituents is 1. The highest BCUT2D eigenvalue weighted by Gasteiger charge is 2.54. The molecule has 1 amide bonds. The highest BCUT2D eigenvalue weighted by Crippen LogP contribution is 2.39. The third kappa shape index (κ3) is 13.1. The van der Waals surface area contributed by atoms with Crippen LogP contribution in [-0.2, 0) is 57.6 Å². The van der Waals surface area contributed by atoms with Crippen molar-refractivity contribution in [2.24, 2.45) is 17.8 Å². The number of benzene rings is 2. The van der Waals surface area contributed by atoms with Gasteiger partial charge in [-0.15, -0.1) is 5.10 Å². The number of aliphatic hydroxyl groups is 5. The molecule has 7 N–H and O–H groups in total. The minimum Gasteiger partial charge on any atom is -0.479 e. The normalized spacial score (nSPS) is 31.2. The van der Waals surface area contributed by atoms with Crippen LogP contribution < -0.4 is 5.32 Å². The first-order valence-electron chi connectivity index (χ1n) is 25.6. The second-order valence-electron chi connectivity index (χ2n) is 20.1. The van der Waals surface area contributed by atoms with Crippen molar-refractivity contribution in [1.82, 2.24) is 24.9 Å². The van der Waals surface area contributed by atoms with E-state index in [1.54, 1.807) is 48.1 Å². The SMILES string of the molecule is CC1CC(C(=O)NCc2cn(CCCCn3ccc4cc([N+](=O)[O-])ccc43)nn2)C[C@@H](OC2OC(CO)[C@H](O)C(O[C@@H](CC3CCCCC3)C(=O)O)C2OC(=O)c2ccccc2)C1O[C@@H]1OC(C)[C@@H](O)C(O)C1O. The molecule has 15 atom stereocenters. The first-order chi connectivity index (χ1) is 35.6. The van der Waals surface area contributed by atoms with Gasteiger partial charge in [-0.1, -0.05) is 62.4 Å². The zero-order valence-electron chi connectivity index (χ0n) is 41.4. The van der Waals surface area contributed by atoms with Crippen molar-refractivity contribution in [1.29, 1.82) is 0 Å². The predicted octanol–water partition coefficient (Wildman–Crippen LogP) is 2.99. The molecule has 23 heteroatoms. The molecule has 0 spiro atoms. The number of carbonyl (C=O) groups excluding carboxylic acids is 2. The molecular formula is C51H68N6O17. The Morgan fingerprint density at radius 1 is 0.878 bits per heavy atom. The zero-order valence-corrected chi connectivity index (χ0v) is 41.4. The van der Waals surface area contributed by atoms with Crippen molar-refractivity contribution < 1.29 is 78.4 Å². The first-order valence-corrected chi connectivity index (χ1v) is 25.6. The number of nitro groups is 1. The number of nitrogens with one attached hydrogen (secondary N) is 1. The number of hydrogen-bond donors (Lipinski definition) is 7. The average molecular weight is 1040 g/mol. The molecule has 4 aromatic rings. The van der Waals surface area contributed by atoms with Crippen LogP contribution in [0.3, 0.4) is 0 Å². The highest BCUT2D eigenvalue weighted by molar-refractivity contribution is 5.89. The number of aliphatic hydroxyl groups excluding tert-OH is 5. The molecule has 2 saturated carbocycles. The van der Waals surface area contributed by atoms with Gasteiger partial charge in [-0.2, -0.15) is 0 Å². The van der Waals surface area contributed by atoms with Gasteiger partial charge in [-0.05, 0) is 75.1 Å². The Kier molecular flexibility index (Phi) is 18.4. The van der Waals surface area contributed by atoms with Crippen molar-refractivity contribution in [2.75, 3.05) is 6.61 Å². The van der Waals surface area contributed by atoms with Crippen LogP contribution in [0.4, 0.5) is 5.69 Å². The number of hydrogen-bond acceptors (Lipinski definition) is 18. The van der Waals surface area contributed by atoms with Gasteiger partial charge in [0.2, 0.25) is 5.91 Å². The summed E-state index contributed by atoms with van der Waals surface area (Å²) in [4.78, 5) is 51.6. The number of esters is 1. The quantitative estimate of drug-likeness (QED) is 0.0273. The Labute approximate surface area is 426 Å². The number of aromatic nitrogens is 4. The molecule has 0 bridgehead atoms. The zero-order chi connectivity index (χ0) is 52.6. The molecule has 4 aliphatic rings. The number of non-ortho nitro benzene ring substituents is 1. The van der Waals surface area contributed by atoms with Crippen LogP contribution in [0.25, 0.3) is 10.9 Å². The summed E-state index contributed by atoms with van der Waals surface area (Å²) in [6.45, 7) is 3.76. The van der Waals surface area contributed by atoms with E-state index in [2.05, 4.69) is 15.6 Å². The van der Waals surface area contributed by atoms with Crippen molar-refractivity contribution in [3.8, 4) is 0 Å². The monoisotopic (exact) mass is 1040 g/mol. The number of carbonyl (C=O) groups is 3. The fraction of sp³-hybridized carbons (Fsp3) is 0.627. The highest BCUT2D eigenvalue weighted by atomic mass is 16.7. The van der Waals surface area contributed by atoms with Crippen LogP contribution in [0.15, 0.2) is 67.0 Å². The van der Waals surface area contributed by atoms with Crippen molar-refractivity contribution >= 4 is 34.4 Å². The van der Waals surface area contributed by atoms with Crippen molar-refractivity contribution in [3.63, 3.8) is 0 Å². The summed E-state index contributed by atoms with van der Waals surface area (Å²) in [6, 6.07) is 14.6. The van der Waals surface area contributed by atoms with E-state index in [1.165, 1.54) is 25.1 Å². The summed E-state index contributed by atoms with van der Waals surface area (Å²) < 4.78 is 41.2. The Balaban J connectivity index is 0.986. The van der Waals surface area contributed by atoms with Gasteiger partial charge in [-0.3, -0.25) is 19.6 Å². The van der Waals surface area contributed by atoms with Gasteiger partial charge >= 0.3 is 11.9 Å². The summed E-state index contributed by atoms with van der Waals surface area (Å²) >= 11 is 0. The van der Waals surface area contributed by atoms with Gasteiger partial charge < -0.3 is 68.9 Å². The Hall–Kier alpha value is -5.47. The molecule has 2 aliphatic heterocycles. The largest absolute Gasteiger partial charge is 0.479 e. The summed E-state index contributed by atoms with van der Waals surface area (Å²) in [5, 5.41) is 88.4. The number of nitrogens with zero attached hydrogens (tertiary/aromatic N) is 5. The maximum atomic E-state index is 14.1. The summed E-state index contributed by atoms with van der Waals surface area (Å²) in [6.07, 6.45) is -9.02. The summed E-state index contributed by atoms with van der Waals surface area (Å²) in [7, 11) is 0. The molecule has 2 aromatic heterocycles. The number of ether oxygens (including phenoxy) is 6. The lowest BCUT2D eigenvalue weighted by atomic mass is 9.77. The van der Waals surface area contributed by atoms with Crippen LogP contribution in [0, 0.1) is 27.9 Å². The second-order valence-corrected chi connectivity index (χ2v) is 20.1. The van der Waals surface area contributed by atoms with E-state index >= 15 is 0 Å². The molecular weight excluding hydrogens is 969 g/mol. The number of carboxylic acids is 1. The van der Waals surface area contributed by atoms with Gasteiger partial charge in [0.15, 0.2) is 24.8 Å². The van der Waals surface area contributed by atoms with Crippen LogP contribution in [0.2, 0.25) is 0 Å². The molecule has 0 radical (unpaired) electrons. The lowest BCUT2D eigenvalue weighted by Crippen LogP contribution is -2.64. The number of carboxylic acid groups (broad SMARTS) is 1. The van der Waals surface area contributed by atoms with Crippen molar-refractivity contribution in [2.45, 2.75) is 177 Å².